The number of likely N-dealkylation sites (N-methyl/N-ethyl adjacent to an activating group) is 1. The quantitative estimate of drug-likeness (QED) is 0.767. The topological polar surface area (TPSA) is 65.5 Å². The third-order valence-corrected chi connectivity index (χ3v) is 2.34. The highest BCUT2D eigenvalue weighted by Gasteiger charge is 2.05. The molecule has 0 radical (unpaired) electrons. The second kappa shape index (κ2) is 6.32. The van der Waals surface area contributed by atoms with Crippen LogP contribution in [0.3, 0.4) is 0 Å². The normalized spacial score (nSPS) is 12.7. The van der Waals surface area contributed by atoms with E-state index in [2.05, 4.69) is 22.1 Å². The van der Waals surface area contributed by atoms with E-state index >= 15 is 0 Å². The fourth-order valence-corrected chi connectivity index (χ4v) is 1.55. The maximum Gasteiger partial charge on any atom is 0.337 e. The van der Waals surface area contributed by atoms with Crippen LogP contribution in [0.1, 0.15) is 23.0 Å². The summed E-state index contributed by atoms with van der Waals surface area (Å²) < 4.78 is 0. The summed E-state index contributed by atoms with van der Waals surface area (Å²) in [5.74, 6) is -0.946. The summed E-state index contributed by atoms with van der Waals surface area (Å²) in [7, 11) is 4.05. The summed E-state index contributed by atoms with van der Waals surface area (Å²) in [5.41, 5.74) is 1.07. The first kappa shape index (κ1) is 13.6. The van der Waals surface area contributed by atoms with Crippen molar-refractivity contribution in [3.05, 3.63) is 29.6 Å². The average molecular weight is 237 g/mol. The third kappa shape index (κ3) is 4.93. The molecule has 5 nitrogen and oxygen atoms in total. The molecule has 5 heteroatoms. The number of nitrogens with one attached hydrogen (secondary N) is 1. The van der Waals surface area contributed by atoms with Gasteiger partial charge in [0.15, 0.2) is 0 Å². The van der Waals surface area contributed by atoms with Crippen molar-refractivity contribution in [3.8, 4) is 0 Å². The molecule has 2 N–H and O–H groups in total. The molecule has 0 saturated carbocycles. The zero-order valence-electron chi connectivity index (χ0n) is 10.5. The number of aromatic nitrogens is 1. The molecule has 0 saturated heterocycles. The molecule has 1 unspecified atom stereocenters. The lowest BCUT2D eigenvalue weighted by Gasteiger charge is -2.18. The van der Waals surface area contributed by atoms with Crippen LogP contribution in [-0.2, 0) is 6.54 Å². The number of nitrogens with zero attached hydrogens (tertiary/aromatic N) is 2. The SMILES string of the molecule is CC(CN(C)C)NCc1ccc(C(=O)O)cn1. The van der Waals surface area contributed by atoms with Crippen molar-refractivity contribution >= 4 is 5.97 Å². The molecular weight excluding hydrogens is 218 g/mol. The van der Waals surface area contributed by atoms with Gasteiger partial charge in [-0.2, -0.15) is 0 Å². The molecular formula is C12H19N3O2. The van der Waals surface area contributed by atoms with E-state index in [1.54, 1.807) is 12.1 Å². The fourth-order valence-electron chi connectivity index (χ4n) is 1.55. The Balaban J connectivity index is 2.44. The molecule has 0 aliphatic heterocycles. The standard InChI is InChI=1S/C12H19N3O2/c1-9(8-15(2)3)13-7-11-5-4-10(6-14-11)12(16)17/h4-6,9,13H,7-8H2,1-3H3,(H,16,17). The Labute approximate surface area is 101 Å². The molecule has 0 aliphatic carbocycles. The molecule has 1 aromatic heterocycles. The number of pyridine rings is 1. The Morgan fingerprint density at radius 3 is 2.71 bits per heavy atom. The first-order valence-electron chi connectivity index (χ1n) is 5.55. The molecule has 1 rings (SSSR count). The van der Waals surface area contributed by atoms with Gasteiger partial charge in [0.1, 0.15) is 0 Å². The summed E-state index contributed by atoms with van der Waals surface area (Å²) in [6, 6.07) is 3.67. The molecule has 17 heavy (non-hydrogen) atoms. The van der Waals surface area contributed by atoms with E-state index in [-0.39, 0.29) is 5.56 Å². The molecule has 0 aromatic carbocycles. The zero-order chi connectivity index (χ0) is 12.8. The molecule has 0 aliphatic rings. The summed E-state index contributed by atoms with van der Waals surface area (Å²) in [5, 5.41) is 12.1. The number of hydrogen-bond acceptors (Lipinski definition) is 4. The molecule has 1 heterocycles. The van der Waals surface area contributed by atoms with Crippen LogP contribution in [0.4, 0.5) is 0 Å². The highest BCUT2D eigenvalue weighted by Crippen LogP contribution is 2.00. The number of hydrogen-bond donors (Lipinski definition) is 2. The highest BCUT2D eigenvalue weighted by atomic mass is 16.4. The van der Waals surface area contributed by atoms with Crippen molar-refractivity contribution < 1.29 is 9.90 Å². The van der Waals surface area contributed by atoms with Crippen LogP contribution in [0.5, 0.6) is 0 Å². The van der Waals surface area contributed by atoms with Crippen molar-refractivity contribution in [2.24, 2.45) is 0 Å². The van der Waals surface area contributed by atoms with Crippen LogP contribution in [-0.4, -0.2) is 47.6 Å². The van der Waals surface area contributed by atoms with Crippen LogP contribution in [0, 0.1) is 0 Å². The van der Waals surface area contributed by atoms with Crippen molar-refractivity contribution in [1.82, 2.24) is 15.2 Å². The summed E-state index contributed by atoms with van der Waals surface area (Å²) in [6.45, 7) is 3.70. The van der Waals surface area contributed by atoms with Gasteiger partial charge in [-0.25, -0.2) is 4.79 Å². The van der Waals surface area contributed by atoms with Crippen molar-refractivity contribution in [1.29, 1.82) is 0 Å². The predicted octanol–water partition coefficient (Wildman–Crippen LogP) is 0.819. The van der Waals surface area contributed by atoms with Gasteiger partial charge in [0.2, 0.25) is 0 Å². The van der Waals surface area contributed by atoms with Gasteiger partial charge >= 0.3 is 5.97 Å². The Hall–Kier alpha value is -1.46. The number of carboxylic acids is 1. The maximum absolute atomic E-state index is 10.6. The van der Waals surface area contributed by atoms with Crippen LogP contribution >= 0.6 is 0 Å². The van der Waals surface area contributed by atoms with Gasteiger partial charge in [-0.05, 0) is 33.2 Å². The molecule has 0 amide bonds. The largest absolute Gasteiger partial charge is 0.478 e. The minimum atomic E-state index is -0.946. The van der Waals surface area contributed by atoms with E-state index in [0.29, 0.717) is 12.6 Å². The summed E-state index contributed by atoms with van der Waals surface area (Å²) in [4.78, 5) is 16.8. The molecule has 0 spiro atoms. The van der Waals surface area contributed by atoms with Gasteiger partial charge in [0.05, 0.1) is 11.3 Å². The number of carbonyl (C=O) groups is 1. The average Bonchev–Trinajstić information content (AvgIpc) is 2.26. The lowest BCUT2D eigenvalue weighted by Crippen LogP contribution is -2.35. The molecule has 94 valence electrons. The number of rotatable bonds is 6. The van der Waals surface area contributed by atoms with E-state index in [4.69, 9.17) is 5.11 Å². The lowest BCUT2D eigenvalue weighted by molar-refractivity contribution is 0.0696. The number of aromatic carboxylic acids is 1. The van der Waals surface area contributed by atoms with Gasteiger partial charge in [-0.15, -0.1) is 0 Å². The first-order valence-corrected chi connectivity index (χ1v) is 5.55. The summed E-state index contributed by atoms with van der Waals surface area (Å²) in [6.07, 6.45) is 1.38. The van der Waals surface area contributed by atoms with Crippen LogP contribution in [0.25, 0.3) is 0 Å². The summed E-state index contributed by atoms with van der Waals surface area (Å²) >= 11 is 0. The van der Waals surface area contributed by atoms with E-state index in [9.17, 15) is 4.79 Å². The van der Waals surface area contributed by atoms with Gasteiger partial charge < -0.3 is 15.3 Å². The third-order valence-electron chi connectivity index (χ3n) is 2.34. The minimum absolute atomic E-state index is 0.218. The fraction of sp³-hybridized carbons (Fsp3) is 0.500. The Morgan fingerprint density at radius 2 is 2.24 bits per heavy atom. The van der Waals surface area contributed by atoms with E-state index < -0.39 is 5.97 Å². The number of carboxylic acid groups (broad SMARTS) is 1. The Bertz CT molecular complexity index is 363. The van der Waals surface area contributed by atoms with Gasteiger partial charge in [-0.3, -0.25) is 4.98 Å². The maximum atomic E-state index is 10.6. The van der Waals surface area contributed by atoms with Crippen LogP contribution < -0.4 is 5.32 Å². The van der Waals surface area contributed by atoms with Gasteiger partial charge in [0.25, 0.3) is 0 Å². The smallest absolute Gasteiger partial charge is 0.337 e. The second-order valence-electron chi connectivity index (χ2n) is 4.39. The predicted molar refractivity (Wildman–Crippen MR) is 66.1 cm³/mol. The molecule has 1 aromatic rings. The van der Waals surface area contributed by atoms with Crippen molar-refractivity contribution in [3.63, 3.8) is 0 Å². The molecule has 0 fully saturated rings. The van der Waals surface area contributed by atoms with Crippen molar-refractivity contribution in [2.75, 3.05) is 20.6 Å². The van der Waals surface area contributed by atoms with Gasteiger partial charge in [-0.1, -0.05) is 0 Å². The highest BCUT2D eigenvalue weighted by molar-refractivity contribution is 5.87. The van der Waals surface area contributed by atoms with Gasteiger partial charge in [0, 0.05) is 25.3 Å². The van der Waals surface area contributed by atoms with Crippen molar-refractivity contribution in [2.45, 2.75) is 19.5 Å². The van der Waals surface area contributed by atoms with E-state index in [1.165, 1.54) is 6.20 Å². The Morgan fingerprint density at radius 1 is 1.53 bits per heavy atom. The first-order chi connectivity index (χ1) is 7.99. The lowest BCUT2D eigenvalue weighted by atomic mass is 10.2. The minimum Gasteiger partial charge on any atom is -0.478 e. The zero-order valence-corrected chi connectivity index (χ0v) is 10.5. The molecule has 1 atom stereocenters. The monoisotopic (exact) mass is 237 g/mol. The van der Waals surface area contributed by atoms with E-state index in [1.807, 2.05) is 14.1 Å². The van der Waals surface area contributed by atoms with Crippen LogP contribution in [0.15, 0.2) is 18.3 Å². The van der Waals surface area contributed by atoms with E-state index in [0.717, 1.165) is 12.2 Å². The second-order valence-corrected chi connectivity index (χ2v) is 4.39. The van der Waals surface area contributed by atoms with Crippen LogP contribution in [0.2, 0.25) is 0 Å². The molecule has 0 bridgehead atoms. The Kier molecular flexibility index (Phi) is 5.06.